The van der Waals surface area contributed by atoms with E-state index in [9.17, 15) is 0 Å². The van der Waals surface area contributed by atoms with Crippen LogP contribution >= 0.6 is 28.1 Å². The van der Waals surface area contributed by atoms with E-state index in [0.29, 0.717) is 5.11 Å². The molecule has 35 heavy (non-hydrogen) atoms. The molecule has 1 fully saturated rings. The number of nitrogens with zero attached hydrogens (tertiary/aromatic N) is 3. The minimum Gasteiger partial charge on any atom is -0.351 e. The van der Waals surface area contributed by atoms with Crippen molar-refractivity contribution in [2.75, 3.05) is 4.90 Å². The second-order valence-electron chi connectivity index (χ2n) is 9.31. The van der Waals surface area contributed by atoms with E-state index in [-0.39, 0.29) is 12.1 Å². The number of thiocarbonyl (C=S) groups is 1. The molecule has 1 N–H and O–H groups in total. The van der Waals surface area contributed by atoms with Gasteiger partial charge in [-0.1, -0.05) is 34.1 Å². The number of hydrogen-bond acceptors (Lipinski definition) is 2. The van der Waals surface area contributed by atoms with Gasteiger partial charge in [-0.25, -0.2) is 0 Å². The van der Waals surface area contributed by atoms with Gasteiger partial charge in [-0.3, -0.25) is 4.98 Å². The first-order valence-corrected chi connectivity index (χ1v) is 13.0. The summed E-state index contributed by atoms with van der Waals surface area (Å²) in [4.78, 5) is 6.96. The van der Waals surface area contributed by atoms with E-state index < -0.39 is 0 Å². The first-order chi connectivity index (χ1) is 16.8. The SMILES string of the molecule is Cc1cc(N2C(=S)N[C@@H](c3ccccn3)[C@H]2c2cc(C)n(-c3cccc(C)c3C)c2C)ccc1Br. The Morgan fingerprint density at radius 1 is 0.914 bits per heavy atom. The monoisotopic (exact) mass is 544 g/mol. The zero-order chi connectivity index (χ0) is 24.9. The number of aryl methyl sites for hydroxylation is 3. The van der Waals surface area contributed by atoms with Gasteiger partial charge >= 0.3 is 0 Å². The molecule has 1 aliphatic rings. The lowest BCUT2D eigenvalue weighted by Gasteiger charge is -2.28. The number of anilines is 1. The Balaban J connectivity index is 1.71. The molecule has 178 valence electrons. The maximum absolute atomic E-state index is 5.94. The van der Waals surface area contributed by atoms with Crippen LogP contribution in [0.2, 0.25) is 0 Å². The van der Waals surface area contributed by atoms with Crippen molar-refractivity contribution in [1.82, 2.24) is 14.9 Å². The van der Waals surface area contributed by atoms with Crippen molar-refractivity contribution in [2.45, 2.75) is 46.7 Å². The van der Waals surface area contributed by atoms with E-state index in [4.69, 9.17) is 17.2 Å². The summed E-state index contributed by atoms with van der Waals surface area (Å²) >= 11 is 9.58. The first-order valence-electron chi connectivity index (χ1n) is 11.8. The quantitative estimate of drug-likeness (QED) is 0.272. The molecule has 0 radical (unpaired) electrons. The fourth-order valence-electron chi connectivity index (χ4n) is 5.16. The van der Waals surface area contributed by atoms with Crippen molar-refractivity contribution >= 4 is 38.9 Å². The van der Waals surface area contributed by atoms with Crippen LogP contribution in [-0.2, 0) is 0 Å². The molecule has 0 saturated carbocycles. The Hall–Kier alpha value is -2.96. The van der Waals surface area contributed by atoms with Crippen LogP contribution in [0.3, 0.4) is 0 Å². The Kier molecular flexibility index (Phi) is 6.28. The smallest absolute Gasteiger partial charge is 0.174 e. The van der Waals surface area contributed by atoms with Crippen molar-refractivity contribution in [3.63, 3.8) is 0 Å². The predicted octanol–water partition coefficient (Wildman–Crippen LogP) is 7.35. The minimum atomic E-state index is -0.0693. The van der Waals surface area contributed by atoms with Crippen molar-refractivity contribution in [3.05, 3.63) is 111 Å². The van der Waals surface area contributed by atoms with Gasteiger partial charge in [0.2, 0.25) is 0 Å². The molecule has 2 atom stereocenters. The summed E-state index contributed by atoms with van der Waals surface area (Å²) in [6.45, 7) is 10.9. The highest BCUT2D eigenvalue weighted by atomic mass is 79.9. The summed E-state index contributed by atoms with van der Waals surface area (Å²) in [5.74, 6) is 0. The third-order valence-corrected chi connectivity index (χ3v) is 8.33. The van der Waals surface area contributed by atoms with Crippen LogP contribution in [0.25, 0.3) is 5.69 Å². The van der Waals surface area contributed by atoms with Gasteiger partial charge in [-0.2, -0.15) is 0 Å². The van der Waals surface area contributed by atoms with Gasteiger partial charge < -0.3 is 14.8 Å². The topological polar surface area (TPSA) is 33.1 Å². The van der Waals surface area contributed by atoms with Crippen LogP contribution in [0.15, 0.2) is 71.3 Å². The van der Waals surface area contributed by atoms with Crippen LogP contribution in [0.4, 0.5) is 5.69 Å². The van der Waals surface area contributed by atoms with Crippen LogP contribution in [0, 0.1) is 34.6 Å². The number of nitrogens with one attached hydrogen (secondary N) is 1. The summed E-state index contributed by atoms with van der Waals surface area (Å²) in [6.07, 6.45) is 1.85. The van der Waals surface area contributed by atoms with Gasteiger partial charge in [0.1, 0.15) is 0 Å². The molecule has 0 amide bonds. The largest absolute Gasteiger partial charge is 0.351 e. The lowest BCUT2D eigenvalue weighted by Crippen LogP contribution is -2.29. The normalized spacial score (nSPS) is 17.7. The van der Waals surface area contributed by atoms with Gasteiger partial charge in [0, 0.05) is 33.4 Å². The van der Waals surface area contributed by atoms with Gasteiger partial charge in [-0.15, -0.1) is 0 Å². The average molecular weight is 546 g/mol. The number of hydrogen-bond donors (Lipinski definition) is 1. The highest BCUT2D eigenvalue weighted by Gasteiger charge is 2.42. The molecule has 0 aliphatic carbocycles. The van der Waals surface area contributed by atoms with Gasteiger partial charge in [-0.05, 0) is 112 Å². The zero-order valence-corrected chi connectivity index (χ0v) is 23.0. The van der Waals surface area contributed by atoms with Crippen molar-refractivity contribution in [2.24, 2.45) is 0 Å². The lowest BCUT2D eigenvalue weighted by molar-refractivity contribution is 0.565. The minimum absolute atomic E-state index is 0.0389. The molecule has 2 aromatic heterocycles. The lowest BCUT2D eigenvalue weighted by atomic mass is 9.96. The number of pyridine rings is 1. The predicted molar refractivity (Wildman–Crippen MR) is 152 cm³/mol. The molecule has 1 saturated heterocycles. The standard InChI is InChI=1S/C29H29BrN4S/c1-17-9-8-11-26(20(17)4)33-19(3)16-23(21(33)5)28-27(25-10-6-7-14-31-25)32-29(35)34(28)22-12-13-24(30)18(2)15-22/h6-16,27-28H,1-5H3,(H,32,35)/t27-,28+/m0/s1. The molecule has 0 spiro atoms. The molecule has 0 unspecified atom stereocenters. The molecular formula is C29H29BrN4S. The summed E-state index contributed by atoms with van der Waals surface area (Å²) in [5.41, 5.74) is 10.7. The second-order valence-corrected chi connectivity index (χ2v) is 10.6. The van der Waals surface area contributed by atoms with E-state index in [1.165, 1.54) is 39.3 Å². The Bertz CT molecular complexity index is 1430. The van der Waals surface area contributed by atoms with Gasteiger partial charge in [0.25, 0.3) is 0 Å². The fraction of sp³-hybridized carbons (Fsp3) is 0.241. The highest BCUT2D eigenvalue weighted by molar-refractivity contribution is 9.10. The maximum atomic E-state index is 5.94. The van der Waals surface area contributed by atoms with Crippen LogP contribution in [0.5, 0.6) is 0 Å². The summed E-state index contributed by atoms with van der Waals surface area (Å²) in [6, 6.07) is 21.2. The molecule has 2 aromatic carbocycles. The Morgan fingerprint density at radius 2 is 1.71 bits per heavy atom. The first kappa shape index (κ1) is 23.8. The third-order valence-electron chi connectivity index (χ3n) is 7.12. The maximum Gasteiger partial charge on any atom is 0.174 e. The van der Waals surface area contributed by atoms with Crippen molar-refractivity contribution < 1.29 is 0 Å². The van der Waals surface area contributed by atoms with Crippen LogP contribution in [0.1, 0.15) is 51.4 Å². The Morgan fingerprint density at radius 3 is 2.43 bits per heavy atom. The van der Waals surface area contributed by atoms with E-state index in [1.54, 1.807) is 0 Å². The summed E-state index contributed by atoms with van der Waals surface area (Å²) < 4.78 is 3.46. The van der Waals surface area contributed by atoms with E-state index in [0.717, 1.165) is 15.9 Å². The molecular weight excluding hydrogens is 516 g/mol. The number of aromatic nitrogens is 2. The fourth-order valence-corrected chi connectivity index (χ4v) is 5.76. The number of benzene rings is 2. The molecule has 4 nitrogen and oxygen atoms in total. The number of rotatable bonds is 4. The van der Waals surface area contributed by atoms with Gasteiger partial charge in [0.15, 0.2) is 5.11 Å². The van der Waals surface area contributed by atoms with E-state index in [1.807, 2.05) is 18.3 Å². The van der Waals surface area contributed by atoms with Crippen LogP contribution < -0.4 is 10.2 Å². The summed E-state index contributed by atoms with van der Waals surface area (Å²) in [7, 11) is 0. The zero-order valence-electron chi connectivity index (χ0n) is 20.6. The molecule has 5 rings (SSSR count). The van der Waals surface area contributed by atoms with Gasteiger partial charge in [0.05, 0.1) is 17.8 Å². The highest BCUT2D eigenvalue weighted by Crippen LogP contribution is 2.44. The molecule has 3 heterocycles. The number of halogens is 1. The summed E-state index contributed by atoms with van der Waals surface area (Å²) in [5, 5.41) is 4.30. The van der Waals surface area contributed by atoms with E-state index in [2.05, 4.69) is 114 Å². The second kappa shape index (κ2) is 9.25. The van der Waals surface area contributed by atoms with Crippen molar-refractivity contribution in [1.29, 1.82) is 0 Å². The molecule has 6 heteroatoms. The van der Waals surface area contributed by atoms with Crippen molar-refractivity contribution in [3.8, 4) is 5.69 Å². The molecule has 0 bridgehead atoms. The molecule has 4 aromatic rings. The molecule has 1 aliphatic heterocycles. The third kappa shape index (κ3) is 4.09. The Labute approximate surface area is 221 Å². The van der Waals surface area contributed by atoms with Crippen LogP contribution in [-0.4, -0.2) is 14.7 Å². The average Bonchev–Trinajstić information content (AvgIpc) is 3.33. The van der Waals surface area contributed by atoms with E-state index >= 15 is 0 Å².